The molecule has 0 spiro atoms. The molecule has 0 aliphatic heterocycles. The lowest BCUT2D eigenvalue weighted by atomic mass is 10.1. The highest BCUT2D eigenvalue weighted by molar-refractivity contribution is 6.00. The van der Waals surface area contributed by atoms with Crippen LogP contribution in [-0.2, 0) is 9.53 Å². The molecule has 0 heterocycles. The summed E-state index contributed by atoms with van der Waals surface area (Å²) in [6.07, 6.45) is 0. The Kier molecular flexibility index (Phi) is 5.74. The fourth-order valence-corrected chi connectivity index (χ4v) is 1.35. The summed E-state index contributed by atoms with van der Waals surface area (Å²) < 4.78 is 17.9. The molecule has 0 aliphatic rings. The zero-order valence-corrected chi connectivity index (χ0v) is 10.5. The average Bonchev–Trinajstić information content (AvgIpc) is 2.39. The Morgan fingerprint density at radius 1 is 1.37 bits per heavy atom. The van der Waals surface area contributed by atoms with Crippen LogP contribution >= 0.6 is 0 Å². The molecule has 0 aliphatic carbocycles. The van der Waals surface area contributed by atoms with E-state index in [4.69, 9.17) is 10.5 Å². The predicted molar refractivity (Wildman–Crippen MR) is 68.0 cm³/mol. The van der Waals surface area contributed by atoms with Gasteiger partial charge in [-0.15, -0.1) is 0 Å². The van der Waals surface area contributed by atoms with Crippen LogP contribution in [0.4, 0.5) is 10.1 Å². The number of carbonyl (C=O) groups excluding carboxylic acids is 2. The number of para-hydroxylation sites is 1. The van der Waals surface area contributed by atoms with E-state index in [1.165, 1.54) is 19.2 Å². The van der Waals surface area contributed by atoms with E-state index in [0.717, 1.165) is 6.07 Å². The van der Waals surface area contributed by atoms with Crippen LogP contribution in [0.1, 0.15) is 10.4 Å². The van der Waals surface area contributed by atoms with Crippen LogP contribution in [-0.4, -0.2) is 38.6 Å². The topological polar surface area (TPSA) is 93.5 Å². The zero-order chi connectivity index (χ0) is 14.3. The fourth-order valence-electron chi connectivity index (χ4n) is 1.35. The first-order valence-corrected chi connectivity index (χ1v) is 5.64. The van der Waals surface area contributed by atoms with Crippen molar-refractivity contribution in [2.24, 2.45) is 0 Å². The van der Waals surface area contributed by atoms with Crippen LogP contribution in [0.2, 0.25) is 0 Å². The number of hydrogen-bond donors (Lipinski definition) is 3. The molecule has 0 atom stereocenters. The lowest BCUT2D eigenvalue weighted by molar-refractivity contribution is -0.120. The van der Waals surface area contributed by atoms with Gasteiger partial charge in [0.05, 0.1) is 24.4 Å². The number of methoxy groups -OCH3 is 1. The molecular weight excluding hydrogens is 253 g/mol. The van der Waals surface area contributed by atoms with Gasteiger partial charge in [0.1, 0.15) is 5.82 Å². The molecule has 0 aromatic heterocycles. The number of rotatable bonds is 6. The summed E-state index contributed by atoms with van der Waals surface area (Å²) in [6.45, 7) is 0.530. The summed E-state index contributed by atoms with van der Waals surface area (Å²) in [5, 5.41) is 4.89. The summed E-state index contributed by atoms with van der Waals surface area (Å²) in [7, 11) is 1.51. The van der Waals surface area contributed by atoms with Crippen LogP contribution in [0.3, 0.4) is 0 Å². The van der Waals surface area contributed by atoms with Crippen molar-refractivity contribution < 1.29 is 18.7 Å². The third-order valence-corrected chi connectivity index (χ3v) is 2.34. The molecule has 19 heavy (non-hydrogen) atoms. The normalized spacial score (nSPS) is 10.0. The van der Waals surface area contributed by atoms with Gasteiger partial charge in [-0.1, -0.05) is 6.07 Å². The molecule has 0 saturated heterocycles. The number of hydrogen-bond acceptors (Lipinski definition) is 4. The molecule has 104 valence electrons. The third kappa shape index (κ3) is 4.55. The van der Waals surface area contributed by atoms with Crippen LogP contribution in [0.25, 0.3) is 0 Å². The van der Waals surface area contributed by atoms with E-state index in [2.05, 4.69) is 10.6 Å². The summed E-state index contributed by atoms with van der Waals surface area (Å²) >= 11 is 0. The highest BCUT2D eigenvalue weighted by atomic mass is 19.1. The molecule has 0 unspecified atom stereocenters. The number of halogens is 1. The Hall–Kier alpha value is -2.15. The van der Waals surface area contributed by atoms with E-state index >= 15 is 0 Å². The molecule has 1 aromatic carbocycles. The van der Waals surface area contributed by atoms with Crippen molar-refractivity contribution in [3.05, 3.63) is 29.6 Å². The third-order valence-electron chi connectivity index (χ3n) is 2.34. The van der Waals surface area contributed by atoms with Crippen LogP contribution in [0, 0.1) is 5.82 Å². The van der Waals surface area contributed by atoms with Crippen molar-refractivity contribution >= 4 is 17.5 Å². The number of amides is 2. The van der Waals surface area contributed by atoms with Crippen LogP contribution in [0.15, 0.2) is 18.2 Å². The Labute approximate surface area is 110 Å². The van der Waals surface area contributed by atoms with Crippen molar-refractivity contribution in [3.8, 4) is 0 Å². The molecule has 0 radical (unpaired) electrons. The summed E-state index contributed by atoms with van der Waals surface area (Å²) in [6, 6.07) is 3.92. The molecular formula is C12H16FN3O3. The van der Waals surface area contributed by atoms with Crippen molar-refractivity contribution in [2.45, 2.75) is 0 Å². The van der Waals surface area contributed by atoms with Gasteiger partial charge < -0.3 is 21.1 Å². The number of nitrogen functional groups attached to an aromatic ring is 1. The average molecular weight is 269 g/mol. The van der Waals surface area contributed by atoms with Crippen molar-refractivity contribution in [1.82, 2.24) is 10.6 Å². The first-order valence-electron chi connectivity index (χ1n) is 5.64. The second kappa shape index (κ2) is 7.32. The van der Waals surface area contributed by atoms with Gasteiger partial charge in [-0.2, -0.15) is 0 Å². The van der Waals surface area contributed by atoms with E-state index in [9.17, 15) is 14.0 Å². The van der Waals surface area contributed by atoms with Gasteiger partial charge in [-0.25, -0.2) is 4.39 Å². The number of benzene rings is 1. The number of nitrogens with two attached hydrogens (primary N) is 1. The maximum atomic E-state index is 13.1. The highest BCUT2D eigenvalue weighted by Crippen LogP contribution is 2.15. The molecule has 1 rings (SSSR count). The van der Waals surface area contributed by atoms with Crippen molar-refractivity contribution in [3.63, 3.8) is 0 Å². The standard InChI is InChI=1S/C12H16FN3O3/c1-19-6-5-15-10(17)7-16-12(18)8-3-2-4-9(13)11(8)14/h2-4H,5-7,14H2,1H3,(H,15,17)(H,16,18). The Balaban J connectivity index is 2.47. The summed E-state index contributed by atoms with van der Waals surface area (Å²) in [5.41, 5.74) is 5.20. The predicted octanol–water partition coefficient (Wildman–Crippen LogP) is -0.0997. The molecule has 0 bridgehead atoms. The van der Waals surface area contributed by atoms with Gasteiger partial charge in [0.2, 0.25) is 5.91 Å². The SMILES string of the molecule is COCCNC(=O)CNC(=O)c1cccc(F)c1N. The van der Waals surface area contributed by atoms with Gasteiger partial charge in [0, 0.05) is 13.7 Å². The van der Waals surface area contributed by atoms with Gasteiger partial charge in [-0.05, 0) is 12.1 Å². The Morgan fingerprint density at radius 2 is 2.11 bits per heavy atom. The summed E-state index contributed by atoms with van der Waals surface area (Å²) in [4.78, 5) is 23.0. The minimum absolute atomic E-state index is 0.00434. The monoisotopic (exact) mass is 269 g/mol. The lowest BCUT2D eigenvalue weighted by Gasteiger charge is -2.08. The van der Waals surface area contributed by atoms with Gasteiger partial charge >= 0.3 is 0 Å². The number of anilines is 1. The summed E-state index contributed by atoms with van der Waals surface area (Å²) in [5.74, 6) is -1.63. The zero-order valence-electron chi connectivity index (χ0n) is 10.5. The van der Waals surface area contributed by atoms with Gasteiger partial charge in [0.25, 0.3) is 5.91 Å². The van der Waals surface area contributed by atoms with Gasteiger partial charge in [-0.3, -0.25) is 9.59 Å². The molecule has 2 amide bonds. The second-order valence-electron chi connectivity index (χ2n) is 3.73. The Morgan fingerprint density at radius 3 is 2.79 bits per heavy atom. The van der Waals surface area contributed by atoms with E-state index in [1.54, 1.807) is 0 Å². The largest absolute Gasteiger partial charge is 0.396 e. The van der Waals surface area contributed by atoms with Crippen LogP contribution in [0.5, 0.6) is 0 Å². The van der Waals surface area contributed by atoms with Crippen molar-refractivity contribution in [1.29, 1.82) is 0 Å². The number of carbonyl (C=O) groups is 2. The Bertz CT molecular complexity index is 466. The van der Waals surface area contributed by atoms with E-state index in [-0.39, 0.29) is 23.7 Å². The smallest absolute Gasteiger partial charge is 0.253 e. The molecule has 4 N–H and O–H groups in total. The maximum Gasteiger partial charge on any atom is 0.253 e. The number of ether oxygens (including phenoxy) is 1. The van der Waals surface area contributed by atoms with Gasteiger partial charge in [0.15, 0.2) is 0 Å². The highest BCUT2D eigenvalue weighted by Gasteiger charge is 2.13. The minimum atomic E-state index is -0.669. The first kappa shape index (κ1) is 14.9. The van der Waals surface area contributed by atoms with E-state index < -0.39 is 11.7 Å². The first-order chi connectivity index (χ1) is 9.06. The maximum absolute atomic E-state index is 13.1. The molecule has 7 heteroatoms. The molecule has 0 fully saturated rings. The van der Waals surface area contributed by atoms with Crippen molar-refractivity contribution in [2.75, 3.05) is 32.5 Å². The molecule has 0 saturated carbocycles. The quantitative estimate of drug-likeness (QED) is 0.496. The fraction of sp³-hybridized carbons (Fsp3) is 0.333. The minimum Gasteiger partial charge on any atom is -0.396 e. The number of nitrogens with one attached hydrogen (secondary N) is 2. The molecule has 6 nitrogen and oxygen atoms in total. The van der Waals surface area contributed by atoms with Crippen LogP contribution < -0.4 is 16.4 Å². The second-order valence-corrected chi connectivity index (χ2v) is 3.73. The lowest BCUT2D eigenvalue weighted by Crippen LogP contribution is -2.38. The van der Waals surface area contributed by atoms with E-state index in [1.807, 2.05) is 0 Å². The molecule has 1 aromatic rings. The van der Waals surface area contributed by atoms with E-state index in [0.29, 0.717) is 13.2 Å².